The molecule has 0 bridgehead atoms. The lowest BCUT2D eigenvalue weighted by molar-refractivity contribution is -0.0948. The number of amides is 2. The predicted octanol–water partition coefficient (Wildman–Crippen LogP) is 3.66. The Morgan fingerprint density at radius 3 is 2.56 bits per heavy atom. The smallest absolute Gasteiger partial charge is 0.412 e. The van der Waals surface area contributed by atoms with Crippen molar-refractivity contribution >= 4 is 35.2 Å². The van der Waals surface area contributed by atoms with Gasteiger partial charge in [-0.25, -0.2) is 4.79 Å². The molecule has 2 rings (SSSR count). The largest absolute Gasteiger partial charge is 0.444 e. The van der Waals surface area contributed by atoms with Crippen LogP contribution in [0.1, 0.15) is 31.1 Å². The van der Waals surface area contributed by atoms with E-state index in [-0.39, 0.29) is 12.5 Å². The standard InChI is InChI=1S/C17H22Cl2N2O4/c1-17(2,3)25-16(23)20(4)14-10-21(7-8-24-14)15(22)11-5-6-12(18)13(19)9-11/h5-6,9,14H,7-8,10H2,1-4H3/t14-/m0/s1. The molecule has 1 heterocycles. The zero-order chi connectivity index (χ0) is 18.8. The van der Waals surface area contributed by atoms with Crippen molar-refractivity contribution < 1.29 is 19.1 Å². The van der Waals surface area contributed by atoms with E-state index in [2.05, 4.69) is 0 Å². The van der Waals surface area contributed by atoms with Crippen LogP contribution in [0.3, 0.4) is 0 Å². The van der Waals surface area contributed by atoms with E-state index in [0.29, 0.717) is 28.8 Å². The predicted molar refractivity (Wildman–Crippen MR) is 96.1 cm³/mol. The second kappa shape index (κ2) is 7.81. The van der Waals surface area contributed by atoms with Crippen LogP contribution in [0.5, 0.6) is 0 Å². The van der Waals surface area contributed by atoms with Crippen LogP contribution in [0, 0.1) is 0 Å². The highest BCUT2D eigenvalue weighted by atomic mass is 35.5. The molecule has 0 radical (unpaired) electrons. The van der Waals surface area contributed by atoms with Gasteiger partial charge in [0, 0.05) is 19.2 Å². The van der Waals surface area contributed by atoms with E-state index in [9.17, 15) is 9.59 Å². The third-order valence-electron chi connectivity index (χ3n) is 3.62. The molecule has 2 amide bonds. The summed E-state index contributed by atoms with van der Waals surface area (Å²) in [5.74, 6) is -0.190. The van der Waals surface area contributed by atoms with Crippen molar-refractivity contribution in [2.24, 2.45) is 0 Å². The van der Waals surface area contributed by atoms with E-state index >= 15 is 0 Å². The number of likely N-dealkylation sites (N-methyl/N-ethyl adjacent to an activating group) is 1. The molecule has 1 fully saturated rings. The molecule has 25 heavy (non-hydrogen) atoms. The van der Waals surface area contributed by atoms with Crippen molar-refractivity contribution in [2.45, 2.75) is 32.6 Å². The van der Waals surface area contributed by atoms with Gasteiger partial charge in [-0.2, -0.15) is 0 Å². The van der Waals surface area contributed by atoms with Crippen LogP contribution in [-0.4, -0.2) is 60.4 Å². The molecule has 1 aliphatic heterocycles. The number of hydrogen-bond acceptors (Lipinski definition) is 4. The van der Waals surface area contributed by atoms with Gasteiger partial charge in [0.2, 0.25) is 0 Å². The van der Waals surface area contributed by atoms with E-state index < -0.39 is 17.9 Å². The normalized spacial score (nSPS) is 18.0. The summed E-state index contributed by atoms with van der Waals surface area (Å²) in [5.41, 5.74) is -0.162. The average molecular weight is 389 g/mol. The molecule has 0 spiro atoms. The zero-order valence-electron chi connectivity index (χ0n) is 14.7. The maximum Gasteiger partial charge on any atom is 0.412 e. The molecular weight excluding hydrogens is 367 g/mol. The van der Waals surface area contributed by atoms with Gasteiger partial charge in [0.05, 0.1) is 23.2 Å². The summed E-state index contributed by atoms with van der Waals surface area (Å²) >= 11 is 11.9. The zero-order valence-corrected chi connectivity index (χ0v) is 16.2. The van der Waals surface area contributed by atoms with Gasteiger partial charge in [-0.3, -0.25) is 9.69 Å². The molecule has 1 aromatic carbocycles. The van der Waals surface area contributed by atoms with Gasteiger partial charge in [-0.15, -0.1) is 0 Å². The molecular formula is C17H22Cl2N2O4. The van der Waals surface area contributed by atoms with Crippen LogP contribution in [0.25, 0.3) is 0 Å². The minimum Gasteiger partial charge on any atom is -0.444 e. The van der Waals surface area contributed by atoms with E-state index in [0.717, 1.165) is 0 Å². The summed E-state index contributed by atoms with van der Waals surface area (Å²) in [5, 5.41) is 0.714. The fraction of sp³-hybridized carbons (Fsp3) is 0.529. The van der Waals surface area contributed by atoms with E-state index in [1.54, 1.807) is 44.9 Å². The number of hydrogen-bond donors (Lipinski definition) is 0. The Labute approximate surface area is 157 Å². The highest BCUT2D eigenvalue weighted by molar-refractivity contribution is 6.42. The lowest BCUT2D eigenvalue weighted by Crippen LogP contribution is -2.53. The van der Waals surface area contributed by atoms with Crippen LogP contribution >= 0.6 is 23.2 Å². The van der Waals surface area contributed by atoms with Crippen molar-refractivity contribution in [3.05, 3.63) is 33.8 Å². The van der Waals surface area contributed by atoms with Gasteiger partial charge in [0.15, 0.2) is 6.23 Å². The van der Waals surface area contributed by atoms with E-state index in [1.807, 2.05) is 0 Å². The maximum absolute atomic E-state index is 12.7. The van der Waals surface area contributed by atoms with Crippen molar-refractivity contribution in [3.8, 4) is 0 Å². The number of benzene rings is 1. The SMILES string of the molecule is CN(C(=O)OC(C)(C)C)[C@@H]1CN(C(=O)c2ccc(Cl)c(Cl)c2)CCO1. The van der Waals surface area contributed by atoms with Crippen LogP contribution < -0.4 is 0 Å². The molecule has 0 aliphatic carbocycles. The third kappa shape index (κ3) is 5.23. The Kier molecular flexibility index (Phi) is 6.19. The monoisotopic (exact) mass is 388 g/mol. The first-order chi connectivity index (χ1) is 11.6. The Hall–Kier alpha value is -1.50. The average Bonchev–Trinajstić information content (AvgIpc) is 2.54. The Morgan fingerprint density at radius 2 is 1.96 bits per heavy atom. The van der Waals surface area contributed by atoms with Gasteiger partial charge < -0.3 is 14.4 Å². The lowest BCUT2D eigenvalue weighted by Gasteiger charge is -2.37. The number of carbonyl (C=O) groups is 2. The fourth-order valence-corrected chi connectivity index (χ4v) is 2.61. The number of nitrogens with zero attached hydrogens (tertiary/aromatic N) is 2. The first-order valence-electron chi connectivity index (χ1n) is 7.90. The fourth-order valence-electron chi connectivity index (χ4n) is 2.31. The highest BCUT2D eigenvalue weighted by Gasteiger charge is 2.32. The van der Waals surface area contributed by atoms with Crippen LogP contribution in [0.15, 0.2) is 18.2 Å². The summed E-state index contributed by atoms with van der Waals surface area (Å²) in [6, 6.07) is 4.74. The molecule has 1 atom stereocenters. The molecule has 1 saturated heterocycles. The Morgan fingerprint density at radius 1 is 1.28 bits per heavy atom. The van der Waals surface area contributed by atoms with Gasteiger partial charge in [0.1, 0.15) is 5.60 Å². The third-order valence-corrected chi connectivity index (χ3v) is 4.35. The van der Waals surface area contributed by atoms with Crippen LogP contribution in [0.2, 0.25) is 10.0 Å². The van der Waals surface area contributed by atoms with Crippen LogP contribution in [0.4, 0.5) is 4.79 Å². The number of rotatable bonds is 2. The molecule has 0 saturated carbocycles. The van der Waals surface area contributed by atoms with E-state index in [4.69, 9.17) is 32.7 Å². The molecule has 0 unspecified atom stereocenters. The minimum absolute atomic E-state index is 0.190. The number of carbonyl (C=O) groups excluding carboxylic acids is 2. The summed E-state index contributed by atoms with van der Waals surface area (Å²) < 4.78 is 11.0. The van der Waals surface area contributed by atoms with Gasteiger partial charge >= 0.3 is 6.09 Å². The second-order valence-electron chi connectivity index (χ2n) is 6.80. The summed E-state index contributed by atoms with van der Waals surface area (Å²) in [7, 11) is 1.59. The molecule has 1 aromatic rings. The molecule has 0 N–H and O–H groups in total. The number of ether oxygens (including phenoxy) is 2. The summed E-state index contributed by atoms with van der Waals surface area (Å²) in [4.78, 5) is 27.8. The summed E-state index contributed by atoms with van der Waals surface area (Å²) in [6.07, 6.45) is -1.07. The minimum atomic E-state index is -0.602. The van der Waals surface area contributed by atoms with E-state index in [1.165, 1.54) is 11.0 Å². The van der Waals surface area contributed by atoms with Crippen molar-refractivity contribution in [1.29, 1.82) is 0 Å². The molecule has 8 heteroatoms. The first-order valence-corrected chi connectivity index (χ1v) is 8.66. The quantitative estimate of drug-likeness (QED) is 0.775. The topological polar surface area (TPSA) is 59.1 Å². The van der Waals surface area contributed by atoms with Gasteiger partial charge in [-0.1, -0.05) is 23.2 Å². The van der Waals surface area contributed by atoms with Crippen molar-refractivity contribution in [3.63, 3.8) is 0 Å². The molecule has 138 valence electrons. The van der Waals surface area contributed by atoms with Gasteiger partial charge in [-0.05, 0) is 39.0 Å². The second-order valence-corrected chi connectivity index (χ2v) is 7.61. The Balaban J connectivity index is 2.05. The maximum atomic E-state index is 12.7. The Bertz CT molecular complexity index is 661. The van der Waals surface area contributed by atoms with Gasteiger partial charge in [0.25, 0.3) is 5.91 Å². The molecule has 6 nitrogen and oxygen atoms in total. The highest BCUT2D eigenvalue weighted by Crippen LogP contribution is 2.24. The number of halogens is 2. The number of morpholine rings is 1. The molecule has 0 aromatic heterocycles. The summed E-state index contributed by atoms with van der Waals surface area (Å²) in [6.45, 7) is 6.37. The van der Waals surface area contributed by atoms with Crippen molar-refractivity contribution in [2.75, 3.05) is 26.7 Å². The first kappa shape index (κ1) is 19.8. The lowest BCUT2D eigenvalue weighted by atomic mass is 10.2. The van der Waals surface area contributed by atoms with Crippen LogP contribution in [-0.2, 0) is 9.47 Å². The molecule has 1 aliphatic rings. The van der Waals surface area contributed by atoms with Crippen molar-refractivity contribution in [1.82, 2.24) is 9.80 Å².